The molecule has 0 aliphatic carbocycles. The zero-order valence-corrected chi connectivity index (χ0v) is 10.3. The van der Waals surface area contributed by atoms with Gasteiger partial charge in [0.15, 0.2) is 5.17 Å². The first-order chi connectivity index (χ1) is 7.16. The third-order valence-corrected chi connectivity index (χ3v) is 3.49. The highest BCUT2D eigenvalue weighted by Crippen LogP contribution is 2.18. The second-order valence-corrected chi connectivity index (χ2v) is 4.68. The van der Waals surface area contributed by atoms with Crippen molar-refractivity contribution < 1.29 is 4.79 Å². The summed E-state index contributed by atoms with van der Waals surface area (Å²) in [6.07, 6.45) is 4.71. The van der Waals surface area contributed by atoms with Crippen LogP contribution >= 0.6 is 11.8 Å². The minimum Gasteiger partial charge on any atom is -0.315 e. The van der Waals surface area contributed by atoms with Crippen molar-refractivity contribution in [1.82, 2.24) is 9.80 Å². The van der Waals surface area contributed by atoms with Gasteiger partial charge in [-0.3, -0.25) is 10.3 Å². The molecule has 1 fully saturated rings. The van der Waals surface area contributed by atoms with E-state index in [0.29, 0.717) is 11.0 Å². The number of amidine groups is 1. The van der Waals surface area contributed by atoms with Crippen LogP contribution in [0.3, 0.4) is 0 Å². The van der Waals surface area contributed by atoms with Gasteiger partial charge in [-0.1, -0.05) is 37.9 Å². The summed E-state index contributed by atoms with van der Waals surface area (Å²) in [7, 11) is 1.66. The van der Waals surface area contributed by atoms with Gasteiger partial charge in [0.05, 0.1) is 5.88 Å². The molecule has 0 bridgehead atoms. The van der Waals surface area contributed by atoms with E-state index in [1.165, 1.54) is 35.9 Å². The van der Waals surface area contributed by atoms with Crippen LogP contribution in [0, 0.1) is 5.41 Å². The fourth-order valence-electron chi connectivity index (χ4n) is 1.48. The number of unbranched alkanes of at least 4 members (excludes halogenated alkanes) is 3. The first-order valence-electron chi connectivity index (χ1n) is 5.40. The number of carbonyl (C=O) groups is 1. The molecule has 4 nitrogen and oxygen atoms in total. The van der Waals surface area contributed by atoms with Gasteiger partial charge in [0.25, 0.3) is 0 Å². The average Bonchev–Trinajstić information content (AvgIpc) is 2.24. The van der Waals surface area contributed by atoms with Gasteiger partial charge in [-0.05, 0) is 6.42 Å². The largest absolute Gasteiger partial charge is 0.326 e. The van der Waals surface area contributed by atoms with Gasteiger partial charge >= 0.3 is 6.03 Å². The molecule has 1 N–H and O–H groups in total. The van der Waals surface area contributed by atoms with Gasteiger partial charge < -0.3 is 4.90 Å². The Bertz CT molecular complexity index is 245. The Kier molecular flexibility index (Phi) is 4.94. The zero-order valence-electron chi connectivity index (χ0n) is 9.45. The molecule has 0 saturated carbocycles. The highest BCUT2D eigenvalue weighted by atomic mass is 32.2. The quantitative estimate of drug-likeness (QED) is 0.736. The second kappa shape index (κ2) is 6.00. The number of nitrogens with zero attached hydrogens (tertiary/aromatic N) is 2. The molecule has 0 atom stereocenters. The third kappa shape index (κ3) is 3.41. The standard InChI is InChI=1S/C10H19N3OS/c1-3-4-5-6-7-13-8-15-9(11)12(2)10(13)14/h11H,3-8H2,1-2H3. The Labute approximate surface area is 95.5 Å². The fourth-order valence-corrected chi connectivity index (χ4v) is 2.27. The Hall–Kier alpha value is -0.710. The molecule has 86 valence electrons. The monoisotopic (exact) mass is 229 g/mol. The SMILES string of the molecule is CCCCCCN1CSC(=N)N(C)C1=O. The number of rotatable bonds is 5. The highest BCUT2D eigenvalue weighted by Gasteiger charge is 2.26. The maximum absolute atomic E-state index is 11.7. The van der Waals surface area contributed by atoms with E-state index < -0.39 is 0 Å². The van der Waals surface area contributed by atoms with Gasteiger partial charge in [0.1, 0.15) is 0 Å². The van der Waals surface area contributed by atoms with Crippen LogP contribution in [0.2, 0.25) is 0 Å². The minimum absolute atomic E-state index is 0.0322. The van der Waals surface area contributed by atoms with Gasteiger partial charge in [-0.15, -0.1) is 0 Å². The smallest absolute Gasteiger partial charge is 0.315 e. The number of nitrogens with one attached hydrogen (secondary N) is 1. The van der Waals surface area contributed by atoms with Crippen molar-refractivity contribution >= 4 is 23.0 Å². The average molecular weight is 229 g/mol. The molecule has 0 spiro atoms. The van der Waals surface area contributed by atoms with Crippen LogP contribution in [0.25, 0.3) is 0 Å². The van der Waals surface area contributed by atoms with Crippen molar-refractivity contribution in [2.75, 3.05) is 19.5 Å². The summed E-state index contributed by atoms with van der Waals surface area (Å²) in [5.41, 5.74) is 0. The molecule has 5 heteroatoms. The van der Waals surface area contributed by atoms with Crippen molar-refractivity contribution in [1.29, 1.82) is 5.41 Å². The van der Waals surface area contributed by atoms with E-state index in [4.69, 9.17) is 5.41 Å². The van der Waals surface area contributed by atoms with E-state index in [0.717, 1.165) is 13.0 Å². The number of thioether (sulfide) groups is 1. The van der Waals surface area contributed by atoms with Crippen LogP contribution in [0.1, 0.15) is 32.6 Å². The number of hydrogen-bond donors (Lipinski definition) is 1. The Morgan fingerprint density at radius 2 is 2.13 bits per heavy atom. The molecule has 0 radical (unpaired) electrons. The van der Waals surface area contributed by atoms with Crippen molar-refractivity contribution in [3.05, 3.63) is 0 Å². The number of urea groups is 1. The molecule has 1 rings (SSSR count). The highest BCUT2D eigenvalue weighted by molar-refractivity contribution is 8.13. The molecule has 1 aliphatic rings. The Morgan fingerprint density at radius 1 is 1.40 bits per heavy atom. The lowest BCUT2D eigenvalue weighted by atomic mass is 10.2. The molecule has 15 heavy (non-hydrogen) atoms. The lowest BCUT2D eigenvalue weighted by Crippen LogP contribution is -2.47. The van der Waals surface area contributed by atoms with Gasteiger partial charge in [-0.25, -0.2) is 4.79 Å². The van der Waals surface area contributed by atoms with E-state index in [1.54, 1.807) is 7.05 Å². The molecule has 0 aromatic rings. The summed E-state index contributed by atoms with van der Waals surface area (Å²) in [5, 5.41) is 7.85. The number of amides is 2. The molecule has 0 aromatic carbocycles. The predicted octanol–water partition coefficient (Wildman–Crippen LogP) is 2.56. The zero-order chi connectivity index (χ0) is 11.3. The Balaban J connectivity index is 2.30. The lowest BCUT2D eigenvalue weighted by molar-refractivity contribution is 0.187. The molecule has 2 amide bonds. The van der Waals surface area contributed by atoms with Crippen LogP contribution in [-0.2, 0) is 0 Å². The van der Waals surface area contributed by atoms with E-state index in [1.807, 2.05) is 4.90 Å². The summed E-state index contributed by atoms with van der Waals surface area (Å²) in [4.78, 5) is 14.9. The van der Waals surface area contributed by atoms with Crippen LogP contribution in [0.15, 0.2) is 0 Å². The first kappa shape index (κ1) is 12.4. The molecule has 0 aromatic heterocycles. The Morgan fingerprint density at radius 3 is 2.80 bits per heavy atom. The minimum atomic E-state index is -0.0322. The summed E-state index contributed by atoms with van der Waals surface area (Å²) in [6, 6.07) is -0.0322. The van der Waals surface area contributed by atoms with Gasteiger partial charge in [0.2, 0.25) is 0 Å². The van der Waals surface area contributed by atoms with Crippen molar-refractivity contribution in [2.24, 2.45) is 0 Å². The van der Waals surface area contributed by atoms with Gasteiger partial charge in [-0.2, -0.15) is 0 Å². The summed E-state index contributed by atoms with van der Waals surface area (Å²) in [5.74, 6) is 0.633. The molecule has 1 heterocycles. The fraction of sp³-hybridized carbons (Fsp3) is 0.800. The van der Waals surface area contributed by atoms with E-state index in [-0.39, 0.29) is 6.03 Å². The van der Waals surface area contributed by atoms with Crippen LogP contribution in [0.4, 0.5) is 4.79 Å². The molecule has 0 unspecified atom stereocenters. The number of hydrogen-bond acceptors (Lipinski definition) is 3. The predicted molar refractivity (Wildman–Crippen MR) is 64.2 cm³/mol. The summed E-state index contributed by atoms with van der Waals surface area (Å²) >= 11 is 1.42. The third-order valence-electron chi connectivity index (χ3n) is 2.50. The van der Waals surface area contributed by atoms with E-state index in [9.17, 15) is 4.79 Å². The lowest BCUT2D eigenvalue weighted by Gasteiger charge is -2.32. The maximum Gasteiger partial charge on any atom is 0.326 e. The molecular weight excluding hydrogens is 210 g/mol. The van der Waals surface area contributed by atoms with Crippen LogP contribution in [0.5, 0.6) is 0 Å². The topological polar surface area (TPSA) is 47.4 Å². The van der Waals surface area contributed by atoms with Crippen LogP contribution in [-0.4, -0.2) is 40.5 Å². The molecule has 1 saturated heterocycles. The summed E-state index contributed by atoms with van der Waals surface area (Å²) in [6.45, 7) is 3.00. The van der Waals surface area contributed by atoms with Crippen molar-refractivity contribution in [3.63, 3.8) is 0 Å². The molecular formula is C10H19N3OS. The maximum atomic E-state index is 11.7. The number of carbonyl (C=O) groups excluding carboxylic acids is 1. The molecule has 1 aliphatic heterocycles. The van der Waals surface area contributed by atoms with Crippen molar-refractivity contribution in [2.45, 2.75) is 32.6 Å². The van der Waals surface area contributed by atoms with E-state index in [2.05, 4.69) is 6.92 Å². The van der Waals surface area contributed by atoms with Crippen LogP contribution < -0.4 is 0 Å². The van der Waals surface area contributed by atoms with Crippen molar-refractivity contribution in [3.8, 4) is 0 Å². The normalized spacial score (nSPS) is 17.5. The first-order valence-corrected chi connectivity index (χ1v) is 6.39. The summed E-state index contributed by atoms with van der Waals surface area (Å²) < 4.78 is 0. The van der Waals surface area contributed by atoms with E-state index >= 15 is 0 Å². The second-order valence-electron chi connectivity index (χ2n) is 3.74. The van der Waals surface area contributed by atoms with Gasteiger partial charge in [0, 0.05) is 13.6 Å².